The van der Waals surface area contributed by atoms with Gasteiger partial charge in [-0.1, -0.05) is 20.8 Å². The van der Waals surface area contributed by atoms with Crippen molar-refractivity contribution in [3.05, 3.63) is 29.3 Å². The van der Waals surface area contributed by atoms with Gasteiger partial charge < -0.3 is 11.1 Å². The highest BCUT2D eigenvalue weighted by Crippen LogP contribution is 2.36. The number of halogens is 3. The molecule has 2 aromatic heterocycles. The molecule has 0 fully saturated rings. The minimum Gasteiger partial charge on any atom is -0.364 e. The predicted molar refractivity (Wildman–Crippen MR) is 82.8 cm³/mol. The molecule has 0 radical (unpaired) electrons. The van der Waals surface area contributed by atoms with E-state index in [1.807, 2.05) is 13.8 Å². The Kier molecular flexibility index (Phi) is 6.27. The van der Waals surface area contributed by atoms with Crippen molar-refractivity contribution in [2.24, 2.45) is 12.8 Å². The third kappa shape index (κ3) is 4.43. The summed E-state index contributed by atoms with van der Waals surface area (Å²) in [5.41, 5.74) is 2.86. The number of aryl methyl sites for hydroxylation is 2. The van der Waals surface area contributed by atoms with E-state index in [2.05, 4.69) is 20.4 Å². The SMILES string of the molecule is CC.CCc1nc(Nc2ccn(C)n2)c(C(F)(F)F)c(C(N)=O)n1. The van der Waals surface area contributed by atoms with Gasteiger partial charge in [0.05, 0.1) is 0 Å². The van der Waals surface area contributed by atoms with Crippen LogP contribution in [0.15, 0.2) is 12.3 Å². The molecule has 132 valence electrons. The number of primary amides is 1. The van der Waals surface area contributed by atoms with E-state index >= 15 is 0 Å². The quantitative estimate of drug-likeness (QED) is 0.888. The summed E-state index contributed by atoms with van der Waals surface area (Å²) in [6.45, 7) is 5.65. The van der Waals surface area contributed by atoms with E-state index < -0.39 is 29.2 Å². The summed E-state index contributed by atoms with van der Waals surface area (Å²) in [7, 11) is 1.61. The fraction of sp³-hybridized carbons (Fsp3) is 0.429. The molecule has 0 aliphatic heterocycles. The van der Waals surface area contributed by atoms with E-state index in [1.54, 1.807) is 20.2 Å². The highest BCUT2D eigenvalue weighted by molar-refractivity contribution is 5.94. The van der Waals surface area contributed by atoms with E-state index in [-0.39, 0.29) is 18.1 Å². The smallest absolute Gasteiger partial charge is 0.364 e. The number of hydrogen-bond donors (Lipinski definition) is 2. The molecule has 0 bridgehead atoms. The standard InChI is InChI=1S/C12H13F3N6O.C2H6/c1-3-6-17-9(10(16)22)8(12(13,14)15)11(18-6)19-7-4-5-21(2)20-7;1-2/h4-5H,3H2,1-2H3,(H2,16,22)(H,17,18,19,20);1-2H3. The highest BCUT2D eigenvalue weighted by atomic mass is 19.4. The summed E-state index contributed by atoms with van der Waals surface area (Å²) in [6, 6.07) is 1.47. The van der Waals surface area contributed by atoms with Crippen LogP contribution in [0, 0.1) is 0 Å². The third-order valence-electron chi connectivity index (χ3n) is 2.75. The number of rotatable bonds is 4. The highest BCUT2D eigenvalue weighted by Gasteiger charge is 2.40. The fourth-order valence-electron chi connectivity index (χ4n) is 1.81. The molecule has 24 heavy (non-hydrogen) atoms. The first-order chi connectivity index (χ1) is 11.2. The summed E-state index contributed by atoms with van der Waals surface area (Å²) in [6.07, 6.45) is -3.05. The van der Waals surface area contributed by atoms with Gasteiger partial charge in [-0.25, -0.2) is 9.97 Å². The second-order valence-corrected chi connectivity index (χ2v) is 4.43. The van der Waals surface area contributed by atoms with Crippen LogP contribution in [0.1, 0.15) is 42.6 Å². The van der Waals surface area contributed by atoms with Crippen molar-refractivity contribution in [1.82, 2.24) is 19.7 Å². The first-order valence-electron chi connectivity index (χ1n) is 7.27. The minimum atomic E-state index is -4.84. The van der Waals surface area contributed by atoms with Gasteiger partial charge in [-0.05, 0) is 0 Å². The molecule has 2 rings (SSSR count). The Hall–Kier alpha value is -2.65. The maximum Gasteiger partial charge on any atom is 0.422 e. The largest absolute Gasteiger partial charge is 0.422 e. The van der Waals surface area contributed by atoms with E-state index in [1.165, 1.54) is 10.7 Å². The van der Waals surface area contributed by atoms with Gasteiger partial charge in [-0.3, -0.25) is 9.48 Å². The molecule has 0 unspecified atom stereocenters. The Morgan fingerprint density at radius 2 is 1.96 bits per heavy atom. The second-order valence-electron chi connectivity index (χ2n) is 4.43. The summed E-state index contributed by atoms with van der Waals surface area (Å²) in [4.78, 5) is 18.7. The second kappa shape index (κ2) is 7.75. The number of nitrogens with one attached hydrogen (secondary N) is 1. The average Bonchev–Trinajstić information content (AvgIpc) is 2.92. The van der Waals surface area contributed by atoms with Crippen LogP contribution in [0.5, 0.6) is 0 Å². The van der Waals surface area contributed by atoms with Crippen LogP contribution in [0.2, 0.25) is 0 Å². The number of nitrogens with zero attached hydrogens (tertiary/aromatic N) is 4. The number of nitrogens with two attached hydrogens (primary N) is 1. The lowest BCUT2D eigenvalue weighted by Gasteiger charge is -2.16. The Labute approximate surface area is 137 Å². The minimum absolute atomic E-state index is 0.0697. The van der Waals surface area contributed by atoms with Crippen LogP contribution in [0.3, 0.4) is 0 Å². The summed E-state index contributed by atoms with van der Waals surface area (Å²) in [5, 5.41) is 6.38. The lowest BCUT2D eigenvalue weighted by molar-refractivity contribution is -0.137. The van der Waals surface area contributed by atoms with Crippen molar-refractivity contribution in [3.63, 3.8) is 0 Å². The van der Waals surface area contributed by atoms with Crippen LogP contribution < -0.4 is 11.1 Å². The molecule has 2 aromatic rings. The average molecular weight is 344 g/mol. The molecule has 0 aliphatic carbocycles. The van der Waals surface area contributed by atoms with Gasteiger partial charge in [0, 0.05) is 25.7 Å². The number of carbonyl (C=O) groups is 1. The van der Waals surface area contributed by atoms with Crippen LogP contribution in [-0.2, 0) is 19.6 Å². The Morgan fingerprint density at radius 1 is 1.33 bits per heavy atom. The van der Waals surface area contributed by atoms with Crippen molar-refractivity contribution in [3.8, 4) is 0 Å². The fourth-order valence-corrected chi connectivity index (χ4v) is 1.81. The lowest BCUT2D eigenvalue weighted by Crippen LogP contribution is -2.24. The number of aromatic nitrogens is 4. The maximum atomic E-state index is 13.3. The molecular weight excluding hydrogens is 325 g/mol. The molecule has 3 N–H and O–H groups in total. The molecule has 2 heterocycles. The van der Waals surface area contributed by atoms with Gasteiger partial charge in [-0.2, -0.15) is 18.3 Å². The lowest BCUT2D eigenvalue weighted by atomic mass is 10.1. The zero-order chi connectivity index (χ0) is 18.5. The predicted octanol–water partition coefficient (Wildman–Crippen LogP) is 2.66. The summed E-state index contributed by atoms with van der Waals surface area (Å²) < 4.78 is 41.2. The van der Waals surface area contributed by atoms with Crippen molar-refractivity contribution < 1.29 is 18.0 Å². The van der Waals surface area contributed by atoms with Gasteiger partial charge in [-0.15, -0.1) is 0 Å². The number of amides is 1. The number of anilines is 2. The van der Waals surface area contributed by atoms with Gasteiger partial charge in [0.15, 0.2) is 5.82 Å². The van der Waals surface area contributed by atoms with Crippen molar-refractivity contribution in [2.45, 2.75) is 33.4 Å². The van der Waals surface area contributed by atoms with Crippen molar-refractivity contribution in [1.29, 1.82) is 0 Å². The van der Waals surface area contributed by atoms with Crippen LogP contribution in [-0.4, -0.2) is 25.7 Å². The molecule has 10 heteroatoms. The Morgan fingerprint density at radius 3 is 2.38 bits per heavy atom. The van der Waals surface area contributed by atoms with Gasteiger partial charge in [0.25, 0.3) is 5.91 Å². The molecule has 1 amide bonds. The molecule has 0 saturated carbocycles. The molecule has 0 atom stereocenters. The van der Waals surface area contributed by atoms with Crippen LogP contribution in [0.4, 0.5) is 24.8 Å². The zero-order valence-electron chi connectivity index (χ0n) is 13.8. The number of alkyl halides is 3. The summed E-state index contributed by atoms with van der Waals surface area (Å²) >= 11 is 0. The monoisotopic (exact) mass is 344 g/mol. The van der Waals surface area contributed by atoms with Crippen molar-refractivity contribution in [2.75, 3.05) is 5.32 Å². The Balaban J connectivity index is 0.00000139. The molecule has 0 aliphatic rings. The molecule has 0 spiro atoms. The molecular formula is C14H19F3N6O. The Bertz CT molecular complexity index is 711. The number of hydrogen-bond acceptors (Lipinski definition) is 5. The van der Waals surface area contributed by atoms with E-state index in [4.69, 9.17) is 5.73 Å². The topological polar surface area (TPSA) is 98.7 Å². The molecule has 7 nitrogen and oxygen atoms in total. The summed E-state index contributed by atoms with van der Waals surface area (Å²) in [5.74, 6) is -1.59. The van der Waals surface area contributed by atoms with Crippen molar-refractivity contribution >= 4 is 17.5 Å². The molecule has 0 saturated heterocycles. The van der Waals surface area contributed by atoms with E-state index in [0.717, 1.165) is 0 Å². The maximum absolute atomic E-state index is 13.3. The zero-order valence-corrected chi connectivity index (χ0v) is 13.8. The first kappa shape index (κ1) is 19.4. The number of carbonyl (C=O) groups excluding carboxylic acids is 1. The van der Waals surface area contributed by atoms with Gasteiger partial charge in [0.1, 0.15) is 22.9 Å². The first-order valence-corrected chi connectivity index (χ1v) is 7.27. The normalized spacial score (nSPS) is 10.8. The van der Waals surface area contributed by atoms with Gasteiger partial charge in [0.2, 0.25) is 0 Å². The van der Waals surface area contributed by atoms with E-state index in [9.17, 15) is 18.0 Å². The van der Waals surface area contributed by atoms with E-state index in [0.29, 0.717) is 0 Å². The van der Waals surface area contributed by atoms with Gasteiger partial charge >= 0.3 is 6.18 Å². The molecule has 0 aromatic carbocycles. The van der Waals surface area contributed by atoms with Crippen LogP contribution in [0.25, 0.3) is 0 Å². The third-order valence-corrected chi connectivity index (χ3v) is 2.75. The van der Waals surface area contributed by atoms with Crippen LogP contribution >= 0.6 is 0 Å².